The molecule has 0 radical (unpaired) electrons. The van der Waals surface area contributed by atoms with Gasteiger partial charge in [0, 0.05) is 45.2 Å². The number of fused-ring (bicyclic) bond motifs is 2. The maximum absolute atomic E-state index is 13.5. The van der Waals surface area contributed by atoms with Crippen LogP contribution in [0.15, 0.2) is 41.5 Å². The monoisotopic (exact) mass is 422 g/mol. The van der Waals surface area contributed by atoms with E-state index in [4.69, 9.17) is 4.74 Å². The van der Waals surface area contributed by atoms with Crippen LogP contribution in [0.1, 0.15) is 28.5 Å². The lowest BCUT2D eigenvalue weighted by Crippen LogP contribution is -2.46. The van der Waals surface area contributed by atoms with Crippen molar-refractivity contribution in [3.8, 4) is 5.75 Å². The maximum atomic E-state index is 13.5. The van der Waals surface area contributed by atoms with Crippen molar-refractivity contribution in [1.29, 1.82) is 0 Å². The molecule has 0 fully saturated rings. The SMILES string of the molecule is CN=c1c2c(C)ccnc2c(OC(C)=O)c2n1CCN(CCc1ccc(F)cc1)C2=O. The van der Waals surface area contributed by atoms with Crippen molar-refractivity contribution in [2.24, 2.45) is 4.99 Å². The van der Waals surface area contributed by atoms with Crippen LogP contribution < -0.4 is 10.2 Å². The van der Waals surface area contributed by atoms with E-state index >= 15 is 0 Å². The molecule has 0 saturated carbocycles. The number of rotatable bonds is 4. The van der Waals surface area contributed by atoms with Crippen LogP contribution in [-0.2, 0) is 17.8 Å². The second-order valence-corrected chi connectivity index (χ2v) is 7.49. The Kier molecular flexibility index (Phi) is 5.54. The summed E-state index contributed by atoms with van der Waals surface area (Å²) in [7, 11) is 1.67. The zero-order valence-corrected chi connectivity index (χ0v) is 17.7. The van der Waals surface area contributed by atoms with E-state index in [9.17, 15) is 14.0 Å². The molecule has 4 rings (SSSR count). The van der Waals surface area contributed by atoms with Gasteiger partial charge >= 0.3 is 5.97 Å². The number of benzene rings is 1. The van der Waals surface area contributed by atoms with Crippen molar-refractivity contribution in [3.05, 3.63) is 64.7 Å². The van der Waals surface area contributed by atoms with E-state index in [1.807, 2.05) is 17.6 Å². The first-order valence-corrected chi connectivity index (χ1v) is 10.1. The number of carbonyl (C=O) groups excluding carboxylic acids is 2. The van der Waals surface area contributed by atoms with Crippen molar-refractivity contribution in [3.63, 3.8) is 0 Å². The number of aromatic nitrogens is 2. The Morgan fingerprint density at radius 1 is 1.23 bits per heavy atom. The van der Waals surface area contributed by atoms with Gasteiger partial charge < -0.3 is 14.2 Å². The highest BCUT2D eigenvalue weighted by molar-refractivity contribution is 6.02. The maximum Gasteiger partial charge on any atom is 0.308 e. The van der Waals surface area contributed by atoms with Crippen LogP contribution in [0.25, 0.3) is 10.9 Å². The van der Waals surface area contributed by atoms with E-state index in [2.05, 4.69) is 9.98 Å². The first-order valence-electron chi connectivity index (χ1n) is 10.1. The van der Waals surface area contributed by atoms with E-state index in [-0.39, 0.29) is 23.2 Å². The third-order valence-corrected chi connectivity index (χ3v) is 5.46. The van der Waals surface area contributed by atoms with E-state index in [0.717, 1.165) is 16.5 Å². The minimum atomic E-state index is -0.523. The molecule has 0 bridgehead atoms. The molecular weight excluding hydrogens is 399 g/mol. The molecule has 3 heterocycles. The molecule has 31 heavy (non-hydrogen) atoms. The van der Waals surface area contributed by atoms with Crippen LogP contribution in [-0.4, -0.2) is 46.5 Å². The molecule has 160 valence electrons. The Bertz CT molecular complexity index is 1250. The highest BCUT2D eigenvalue weighted by Gasteiger charge is 2.32. The van der Waals surface area contributed by atoms with E-state index < -0.39 is 5.97 Å². The fraction of sp³-hybridized carbons (Fsp3) is 0.304. The molecule has 1 aromatic carbocycles. The molecule has 3 aromatic rings. The Hall–Kier alpha value is -3.55. The van der Waals surface area contributed by atoms with Crippen LogP contribution in [0.3, 0.4) is 0 Å². The zero-order chi connectivity index (χ0) is 22.1. The zero-order valence-electron chi connectivity index (χ0n) is 17.7. The molecule has 1 aliphatic rings. The first kappa shape index (κ1) is 20.7. The summed E-state index contributed by atoms with van der Waals surface area (Å²) in [5, 5.41) is 0.762. The van der Waals surface area contributed by atoms with Crippen LogP contribution in [0.4, 0.5) is 4.39 Å². The summed E-state index contributed by atoms with van der Waals surface area (Å²) in [5.74, 6) is -0.903. The summed E-state index contributed by atoms with van der Waals surface area (Å²) in [6.07, 6.45) is 2.21. The van der Waals surface area contributed by atoms with Crippen molar-refractivity contribution in [2.45, 2.75) is 26.8 Å². The highest BCUT2D eigenvalue weighted by atomic mass is 19.1. The van der Waals surface area contributed by atoms with Crippen molar-refractivity contribution in [2.75, 3.05) is 20.1 Å². The van der Waals surface area contributed by atoms with E-state index in [0.29, 0.717) is 37.1 Å². The fourth-order valence-electron chi connectivity index (χ4n) is 3.99. The standard InChI is InChI=1S/C23H23FN4O3/c1-14-8-10-26-19-18(14)22(25-3)28-13-12-27(11-9-16-4-6-17(24)7-5-16)23(30)20(28)21(19)31-15(2)29/h4-8,10H,9,11-13H2,1-3H3. The van der Waals surface area contributed by atoms with E-state index in [1.165, 1.54) is 19.1 Å². The average molecular weight is 422 g/mol. The lowest BCUT2D eigenvalue weighted by Gasteiger charge is -2.31. The predicted molar refractivity (Wildman–Crippen MR) is 113 cm³/mol. The van der Waals surface area contributed by atoms with Gasteiger partial charge in [-0.05, 0) is 42.7 Å². The van der Waals surface area contributed by atoms with Gasteiger partial charge in [-0.3, -0.25) is 19.6 Å². The molecule has 0 unspecified atom stereocenters. The van der Waals surface area contributed by atoms with Crippen LogP contribution in [0, 0.1) is 12.7 Å². The highest BCUT2D eigenvalue weighted by Crippen LogP contribution is 2.30. The van der Waals surface area contributed by atoms with Gasteiger partial charge in [-0.15, -0.1) is 0 Å². The molecule has 0 aliphatic carbocycles. The van der Waals surface area contributed by atoms with Gasteiger partial charge in [0.25, 0.3) is 5.91 Å². The van der Waals surface area contributed by atoms with Crippen molar-refractivity contribution < 1.29 is 18.7 Å². The van der Waals surface area contributed by atoms with Gasteiger partial charge in [0.1, 0.15) is 16.8 Å². The summed E-state index contributed by atoms with van der Waals surface area (Å²) in [6.45, 7) is 4.70. The number of hydrogen-bond donors (Lipinski definition) is 0. The number of hydrogen-bond acceptors (Lipinski definition) is 5. The minimum Gasteiger partial charge on any atom is -0.422 e. The van der Waals surface area contributed by atoms with E-state index in [1.54, 1.807) is 30.3 Å². The van der Waals surface area contributed by atoms with Crippen LogP contribution in [0.5, 0.6) is 5.75 Å². The number of carbonyl (C=O) groups is 2. The van der Waals surface area contributed by atoms with Crippen LogP contribution in [0.2, 0.25) is 0 Å². The van der Waals surface area contributed by atoms with Gasteiger partial charge in [-0.2, -0.15) is 0 Å². The second kappa shape index (κ2) is 8.29. The number of halogens is 1. The number of aryl methyl sites for hydroxylation is 1. The summed E-state index contributed by atoms with van der Waals surface area (Å²) in [6, 6.07) is 8.11. The smallest absolute Gasteiger partial charge is 0.308 e. The van der Waals surface area contributed by atoms with Gasteiger partial charge in [-0.25, -0.2) is 4.39 Å². The van der Waals surface area contributed by atoms with Gasteiger partial charge in [0.15, 0.2) is 11.4 Å². The first-order chi connectivity index (χ1) is 14.9. The molecule has 8 heteroatoms. The number of amides is 1. The molecule has 2 aromatic heterocycles. The molecule has 1 amide bonds. The Balaban J connectivity index is 1.80. The second-order valence-electron chi connectivity index (χ2n) is 7.49. The van der Waals surface area contributed by atoms with Gasteiger partial charge in [0.2, 0.25) is 0 Å². The average Bonchev–Trinajstić information content (AvgIpc) is 2.74. The van der Waals surface area contributed by atoms with Crippen LogP contribution >= 0.6 is 0 Å². The molecule has 0 saturated heterocycles. The number of nitrogens with zero attached hydrogens (tertiary/aromatic N) is 4. The molecule has 7 nitrogen and oxygen atoms in total. The third-order valence-electron chi connectivity index (χ3n) is 5.46. The Morgan fingerprint density at radius 2 is 1.97 bits per heavy atom. The normalized spacial score (nSPS) is 14.1. The lowest BCUT2D eigenvalue weighted by atomic mass is 10.1. The lowest BCUT2D eigenvalue weighted by molar-refractivity contribution is -0.131. The quantitative estimate of drug-likeness (QED) is 0.606. The molecule has 0 atom stereocenters. The van der Waals surface area contributed by atoms with Crippen molar-refractivity contribution >= 4 is 22.8 Å². The fourth-order valence-corrected chi connectivity index (χ4v) is 3.99. The summed E-state index contributed by atoms with van der Waals surface area (Å²) < 4.78 is 20.5. The number of pyridine rings is 2. The molecular formula is C23H23FN4O3. The Labute approximate surface area is 178 Å². The van der Waals surface area contributed by atoms with Gasteiger partial charge in [0.05, 0.1) is 0 Å². The largest absolute Gasteiger partial charge is 0.422 e. The molecule has 0 spiro atoms. The Morgan fingerprint density at radius 3 is 2.65 bits per heavy atom. The number of esters is 1. The summed E-state index contributed by atoms with van der Waals surface area (Å²) in [5.41, 5.74) is 3.22. The summed E-state index contributed by atoms with van der Waals surface area (Å²) >= 11 is 0. The van der Waals surface area contributed by atoms with Gasteiger partial charge in [-0.1, -0.05) is 12.1 Å². The minimum absolute atomic E-state index is 0.162. The predicted octanol–water partition coefficient (Wildman–Crippen LogP) is 2.64. The topological polar surface area (TPSA) is 76.8 Å². The van der Waals surface area contributed by atoms with Crippen molar-refractivity contribution in [1.82, 2.24) is 14.5 Å². The number of ether oxygens (including phenoxy) is 1. The summed E-state index contributed by atoms with van der Waals surface area (Å²) in [4.78, 5) is 35.9. The third kappa shape index (κ3) is 3.81. The molecule has 0 N–H and O–H groups in total. The molecule has 1 aliphatic heterocycles.